The van der Waals surface area contributed by atoms with Gasteiger partial charge in [0.1, 0.15) is 5.70 Å². The highest BCUT2D eigenvalue weighted by Gasteiger charge is 2.08. The number of aliphatic carboxylic acids is 1. The van der Waals surface area contributed by atoms with Crippen LogP contribution in [-0.2, 0) is 14.3 Å². The van der Waals surface area contributed by atoms with Crippen LogP contribution >= 0.6 is 0 Å². The smallest absolute Gasteiger partial charge is 0.352 e. The summed E-state index contributed by atoms with van der Waals surface area (Å²) in [5.41, 5.74) is -0.134. The Bertz CT molecular complexity index is 235. The molecule has 14 heavy (non-hydrogen) atoms. The number of unbranched alkanes of at least 4 members (excludes halogenated alkanes) is 1. The van der Waals surface area contributed by atoms with Crippen LogP contribution < -0.4 is 5.32 Å². The lowest BCUT2D eigenvalue weighted by Gasteiger charge is -2.04. The molecular weight excluding hydrogens is 186 g/mol. The van der Waals surface area contributed by atoms with Crippen LogP contribution in [0.25, 0.3) is 0 Å². The number of rotatable bonds is 6. The Morgan fingerprint density at radius 3 is 2.57 bits per heavy atom. The van der Waals surface area contributed by atoms with E-state index in [1.54, 1.807) is 0 Å². The van der Waals surface area contributed by atoms with Gasteiger partial charge in [-0.2, -0.15) is 0 Å². The Balaban J connectivity index is 4.22. The molecule has 0 saturated heterocycles. The van der Waals surface area contributed by atoms with Crippen LogP contribution in [0.5, 0.6) is 0 Å². The third kappa shape index (κ3) is 5.18. The highest BCUT2D eigenvalue weighted by molar-refractivity contribution is 5.94. The van der Waals surface area contributed by atoms with E-state index >= 15 is 0 Å². The molecule has 0 aliphatic carbocycles. The Morgan fingerprint density at radius 1 is 1.50 bits per heavy atom. The Kier molecular flexibility index (Phi) is 6.19. The Labute approximate surface area is 82.7 Å². The summed E-state index contributed by atoms with van der Waals surface area (Å²) in [5.74, 6) is -1.84. The summed E-state index contributed by atoms with van der Waals surface area (Å²) >= 11 is 0. The number of carbonyl (C=O) groups is 2. The number of methoxy groups -OCH3 is 1. The van der Waals surface area contributed by atoms with Crippen molar-refractivity contribution in [3.63, 3.8) is 0 Å². The second-order valence-corrected chi connectivity index (χ2v) is 2.67. The molecule has 0 aromatic heterocycles. The summed E-state index contributed by atoms with van der Waals surface area (Å²) in [6.45, 7) is 2.53. The molecular formula is C9H15NO4. The number of carboxylic acid groups (broad SMARTS) is 1. The van der Waals surface area contributed by atoms with Crippen LogP contribution in [0, 0.1) is 0 Å². The monoisotopic (exact) mass is 201 g/mol. The summed E-state index contributed by atoms with van der Waals surface area (Å²) < 4.78 is 4.32. The van der Waals surface area contributed by atoms with Crippen LogP contribution in [0.4, 0.5) is 0 Å². The zero-order valence-electron chi connectivity index (χ0n) is 8.37. The van der Waals surface area contributed by atoms with Crippen molar-refractivity contribution < 1.29 is 19.4 Å². The maximum absolute atomic E-state index is 10.8. The van der Waals surface area contributed by atoms with E-state index in [0.717, 1.165) is 18.9 Å². The van der Waals surface area contributed by atoms with Crippen molar-refractivity contribution in [1.82, 2.24) is 5.32 Å². The van der Waals surface area contributed by atoms with Gasteiger partial charge in [-0.05, 0) is 6.42 Å². The highest BCUT2D eigenvalue weighted by atomic mass is 16.5. The quantitative estimate of drug-likeness (QED) is 0.372. The van der Waals surface area contributed by atoms with Crippen molar-refractivity contribution in [2.75, 3.05) is 13.7 Å². The molecule has 0 bridgehead atoms. The lowest BCUT2D eigenvalue weighted by Crippen LogP contribution is -2.22. The predicted octanol–water partition coefficient (Wildman–Crippen LogP) is 0.518. The first-order chi connectivity index (χ1) is 6.61. The SMILES string of the molecule is CCCCNC(=CC(=O)OC)C(=O)O. The van der Waals surface area contributed by atoms with Gasteiger partial charge in [0.15, 0.2) is 0 Å². The van der Waals surface area contributed by atoms with E-state index in [1.807, 2.05) is 6.92 Å². The molecule has 0 aliphatic heterocycles. The molecule has 0 fully saturated rings. The number of hydrogen-bond donors (Lipinski definition) is 2. The molecule has 5 nitrogen and oxygen atoms in total. The van der Waals surface area contributed by atoms with Crippen LogP contribution in [0.1, 0.15) is 19.8 Å². The normalized spacial score (nSPS) is 10.9. The molecule has 0 atom stereocenters. The predicted molar refractivity (Wildman–Crippen MR) is 50.6 cm³/mol. The number of carbonyl (C=O) groups excluding carboxylic acids is 1. The van der Waals surface area contributed by atoms with E-state index in [2.05, 4.69) is 10.1 Å². The van der Waals surface area contributed by atoms with Crippen molar-refractivity contribution in [2.24, 2.45) is 0 Å². The number of ether oxygens (including phenoxy) is 1. The van der Waals surface area contributed by atoms with Gasteiger partial charge in [-0.15, -0.1) is 0 Å². The number of esters is 1. The fourth-order valence-electron chi connectivity index (χ4n) is 0.765. The van der Waals surface area contributed by atoms with Crippen LogP contribution in [0.2, 0.25) is 0 Å². The van der Waals surface area contributed by atoms with Crippen LogP contribution in [0.15, 0.2) is 11.8 Å². The average molecular weight is 201 g/mol. The summed E-state index contributed by atoms with van der Waals surface area (Å²) in [6.07, 6.45) is 2.74. The molecule has 2 N–H and O–H groups in total. The molecule has 0 radical (unpaired) electrons. The lowest BCUT2D eigenvalue weighted by atomic mass is 10.3. The average Bonchev–Trinajstić information content (AvgIpc) is 2.16. The van der Waals surface area contributed by atoms with E-state index in [4.69, 9.17) is 5.11 Å². The minimum Gasteiger partial charge on any atom is -0.477 e. The second-order valence-electron chi connectivity index (χ2n) is 2.67. The van der Waals surface area contributed by atoms with Crippen molar-refractivity contribution >= 4 is 11.9 Å². The fourth-order valence-corrected chi connectivity index (χ4v) is 0.765. The zero-order chi connectivity index (χ0) is 11.0. The lowest BCUT2D eigenvalue weighted by molar-refractivity contribution is -0.137. The van der Waals surface area contributed by atoms with E-state index in [-0.39, 0.29) is 5.70 Å². The largest absolute Gasteiger partial charge is 0.477 e. The molecule has 0 spiro atoms. The van der Waals surface area contributed by atoms with Gasteiger partial charge in [-0.25, -0.2) is 9.59 Å². The minimum atomic E-state index is -1.16. The third-order valence-electron chi connectivity index (χ3n) is 1.54. The van der Waals surface area contributed by atoms with E-state index in [1.165, 1.54) is 7.11 Å². The number of carboxylic acids is 1. The Morgan fingerprint density at radius 2 is 2.14 bits per heavy atom. The van der Waals surface area contributed by atoms with Gasteiger partial charge in [0, 0.05) is 6.54 Å². The van der Waals surface area contributed by atoms with Gasteiger partial charge in [-0.1, -0.05) is 13.3 Å². The van der Waals surface area contributed by atoms with Crippen molar-refractivity contribution in [3.8, 4) is 0 Å². The number of hydrogen-bond acceptors (Lipinski definition) is 4. The van der Waals surface area contributed by atoms with Gasteiger partial charge in [-0.3, -0.25) is 0 Å². The van der Waals surface area contributed by atoms with Crippen molar-refractivity contribution in [2.45, 2.75) is 19.8 Å². The standard InChI is InChI=1S/C9H15NO4/c1-3-4-5-10-7(9(12)13)6-8(11)14-2/h6,10H,3-5H2,1-2H3,(H,12,13). The van der Waals surface area contributed by atoms with Crippen molar-refractivity contribution in [1.29, 1.82) is 0 Å². The second kappa shape index (κ2) is 6.94. The van der Waals surface area contributed by atoms with Gasteiger partial charge in [0.05, 0.1) is 13.2 Å². The molecule has 5 heteroatoms. The summed E-state index contributed by atoms with van der Waals surface area (Å²) in [6, 6.07) is 0. The molecule has 0 amide bonds. The van der Waals surface area contributed by atoms with E-state index in [0.29, 0.717) is 6.54 Å². The maximum atomic E-state index is 10.8. The maximum Gasteiger partial charge on any atom is 0.352 e. The van der Waals surface area contributed by atoms with Crippen molar-refractivity contribution in [3.05, 3.63) is 11.8 Å². The summed E-state index contributed by atoms with van der Waals surface area (Å²) in [5, 5.41) is 11.3. The highest BCUT2D eigenvalue weighted by Crippen LogP contribution is 1.93. The molecule has 0 aromatic rings. The van der Waals surface area contributed by atoms with Crippen LogP contribution in [0.3, 0.4) is 0 Å². The molecule has 0 heterocycles. The molecule has 0 aromatic carbocycles. The first-order valence-electron chi connectivity index (χ1n) is 4.38. The van der Waals surface area contributed by atoms with Gasteiger partial charge in [0.25, 0.3) is 0 Å². The Hall–Kier alpha value is -1.52. The van der Waals surface area contributed by atoms with E-state index < -0.39 is 11.9 Å². The molecule has 0 saturated carbocycles. The minimum absolute atomic E-state index is 0.134. The topological polar surface area (TPSA) is 75.6 Å². The first-order valence-corrected chi connectivity index (χ1v) is 4.38. The molecule has 0 unspecified atom stereocenters. The van der Waals surface area contributed by atoms with Gasteiger partial charge < -0.3 is 15.2 Å². The molecule has 0 rings (SSSR count). The van der Waals surface area contributed by atoms with Gasteiger partial charge in [0.2, 0.25) is 0 Å². The number of nitrogens with one attached hydrogen (secondary N) is 1. The van der Waals surface area contributed by atoms with Gasteiger partial charge >= 0.3 is 11.9 Å². The molecule has 80 valence electrons. The summed E-state index contributed by atoms with van der Waals surface area (Å²) in [7, 11) is 1.20. The zero-order valence-corrected chi connectivity index (χ0v) is 8.37. The van der Waals surface area contributed by atoms with E-state index in [9.17, 15) is 9.59 Å². The van der Waals surface area contributed by atoms with Crippen LogP contribution in [-0.4, -0.2) is 30.7 Å². The fraction of sp³-hybridized carbons (Fsp3) is 0.556. The molecule has 0 aliphatic rings. The first kappa shape index (κ1) is 12.5. The third-order valence-corrected chi connectivity index (χ3v) is 1.54. The summed E-state index contributed by atoms with van der Waals surface area (Å²) in [4.78, 5) is 21.4.